The van der Waals surface area contributed by atoms with Gasteiger partial charge in [-0.3, -0.25) is 4.79 Å². The van der Waals surface area contributed by atoms with Crippen LogP contribution in [0.1, 0.15) is 30.1 Å². The van der Waals surface area contributed by atoms with Crippen molar-refractivity contribution in [1.29, 1.82) is 0 Å². The van der Waals surface area contributed by atoms with E-state index in [-0.39, 0.29) is 32.5 Å². The Hall–Kier alpha value is -0.490. The summed E-state index contributed by atoms with van der Waals surface area (Å²) < 4.78 is 22.9. The van der Waals surface area contributed by atoms with Gasteiger partial charge in [-0.2, -0.15) is 0 Å². The molecule has 1 saturated heterocycles. The minimum atomic E-state index is -4.03. The van der Waals surface area contributed by atoms with E-state index in [0.29, 0.717) is 6.54 Å². The predicted molar refractivity (Wildman–Crippen MR) is 79.2 cm³/mol. The fraction of sp³-hybridized carbons (Fsp3) is 0.417. The predicted octanol–water partition coefficient (Wildman–Crippen LogP) is 3.55. The molecule has 0 radical (unpaired) electrons. The third kappa shape index (κ3) is 3.06. The maximum Gasteiger partial charge on any atom is 0.262 e. The number of hydrogen-bond donors (Lipinski definition) is 0. The molecule has 1 fully saturated rings. The number of hydrogen-bond acceptors (Lipinski definition) is 3. The summed E-state index contributed by atoms with van der Waals surface area (Å²) in [5.41, 5.74) is 0.101. The average molecular weight is 357 g/mol. The monoisotopic (exact) mass is 355 g/mol. The number of rotatable bonds is 2. The number of nitrogens with zero attached hydrogens (tertiary/aromatic N) is 1. The van der Waals surface area contributed by atoms with Crippen molar-refractivity contribution in [3.63, 3.8) is 0 Å². The van der Waals surface area contributed by atoms with Crippen molar-refractivity contribution in [2.24, 2.45) is 0 Å². The maximum absolute atomic E-state index is 12.4. The van der Waals surface area contributed by atoms with Gasteiger partial charge in [-0.15, -0.1) is 0 Å². The van der Waals surface area contributed by atoms with Crippen molar-refractivity contribution in [3.8, 4) is 0 Å². The van der Waals surface area contributed by atoms with Crippen molar-refractivity contribution in [2.45, 2.75) is 30.7 Å². The first kappa shape index (κ1) is 15.9. The molecule has 0 N–H and O–H groups in total. The Kier molecular flexibility index (Phi) is 4.54. The van der Waals surface area contributed by atoms with Gasteiger partial charge in [-0.1, -0.05) is 23.2 Å². The summed E-state index contributed by atoms with van der Waals surface area (Å²) >= 11 is 11.8. The summed E-state index contributed by atoms with van der Waals surface area (Å²) in [4.78, 5) is 13.8. The molecule has 1 atom stereocenters. The number of benzene rings is 1. The molecule has 0 aromatic heterocycles. The number of likely N-dealkylation sites (tertiary alicyclic amines) is 1. The van der Waals surface area contributed by atoms with Gasteiger partial charge in [0.25, 0.3) is 15.0 Å². The molecule has 8 heteroatoms. The number of halogens is 3. The standard InChI is InChI=1S/C12H12Cl3NO3S/c1-7-3-2-4-16(7)12(17)8-5-11(20(15,18)19)10(14)6-9(8)13/h5-7H,2-4H2,1H3. The maximum atomic E-state index is 12.4. The fourth-order valence-electron chi connectivity index (χ4n) is 2.27. The zero-order valence-electron chi connectivity index (χ0n) is 10.6. The summed E-state index contributed by atoms with van der Waals surface area (Å²) in [5.74, 6) is -0.307. The van der Waals surface area contributed by atoms with Crippen LogP contribution < -0.4 is 0 Å². The molecule has 0 bridgehead atoms. The first-order valence-electron chi connectivity index (χ1n) is 5.96. The van der Waals surface area contributed by atoms with Crippen LogP contribution in [0, 0.1) is 0 Å². The first-order chi connectivity index (χ1) is 9.21. The molecule has 1 heterocycles. The summed E-state index contributed by atoms with van der Waals surface area (Å²) in [5, 5.41) is 0.0131. The van der Waals surface area contributed by atoms with E-state index in [1.807, 2.05) is 6.92 Å². The average Bonchev–Trinajstić information content (AvgIpc) is 2.73. The van der Waals surface area contributed by atoms with Crippen molar-refractivity contribution in [3.05, 3.63) is 27.7 Å². The lowest BCUT2D eigenvalue weighted by Gasteiger charge is -2.22. The molecule has 1 aliphatic rings. The summed E-state index contributed by atoms with van der Waals surface area (Å²) in [6, 6.07) is 2.47. The highest BCUT2D eigenvalue weighted by molar-refractivity contribution is 8.13. The second-order valence-corrected chi connectivity index (χ2v) is 8.04. The third-order valence-corrected chi connectivity index (χ3v) is 5.43. The molecule has 20 heavy (non-hydrogen) atoms. The van der Waals surface area contributed by atoms with E-state index >= 15 is 0 Å². The number of carbonyl (C=O) groups is 1. The lowest BCUT2D eigenvalue weighted by molar-refractivity contribution is 0.0747. The topological polar surface area (TPSA) is 54.5 Å². The zero-order chi connectivity index (χ0) is 15.1. The van der Waals surface area contributed by atoms with Crippen LogP contribution in [0.3, 0.4) is 0 Å². The van der Waals surface area contributed by atoms with Crippen molar-refractivity contribution < 1.29 is 13.2 Å². The van der Waals surface area contributed by atoms with Crippen molar-refractivity contribution >= 4 is 48.8 Å². The zero-order valence-corrected chi connectivity index (χ0v) is 13.7. The highest BCUT2D eigenvalue weighted by atomic mass is 35.7. The van der Waals surface area contributed by atoms with Gasteiger partial charge in [0.2, 0.25) is 0 Å². The highest BCUT2D eigenvalue weighted by Gasteiger charge is 2.29. The number of amides is 1. The second kappa shape index (κ2) is 5.72. The number of carbonyl (C=O) groups excluding carboxylic acids is 1. The van der Waals surface area contributed by atoms with Crippen LogP contribution in [0.4, 0.5) is 0 Å². The Morgan fingerprint density at radius 1 is 1.30 bits per heavy atom. The summed E-state index contributed by atoms with van der Waals surface area (Å²) in [6.45, 7) is 2.57. The van der Waals surface area contributed by atoms with Crippen LogP contribution in [0.5, 0.6) is 0 Å². The normalized spacial score (nSPS) is 19.4. The van der Waals surface area contributed by atoms with E-state index in [2.05, 4.69) is 0 Å². The lowest BCUT2D eigenvalue weighted by Crippen LogP contribution is -2.33. The summed E-state index contributed by atoms with van der Waals surface area (Å²) in [6.07, 6.45) is 1.83. The van der Waals surface area contributed by atoms with Gasteiger partial charge in [-0.05, 0) is 31.9 Å². The molecule has 0 saturated carbocycles. The van der Waals surface area contributed by atoms with Crippen molar-refractivity contribution in [1.82, 2.24) is 4.90 Å². The van der Waals surface area contributed by atoms with Crippen LogP contribution >= 0.6 is 33.9 Å². The van der Waals surface area contributed by atoms with E-state index in [0.717, 1.165) is 18.9 Å². The minimum absolute atomic E-state index is 0.101. The molecule has 4 nitrogen and oxygen atoms in total. The second-order valence-electron chi connectivity index (χ2n) is 4.69. The third-order valence-electron chi connectivity index (χ3n) is 3.33. The van der Waals surface area contributed by atoms with Crippen LogP contribution in [0.2, 0.25) is 10.0 Å². The van der Waals surface area contributed by atoms with E-state index < -0.39 is 9.05 Å². The molecule has 2 rings (SSSR count). The van der Waals surface area contributed by atoms with Gasteiger partial charge < -0.3 is 4.90 Å². The molecule has 110 valence electrons. The molecule has 1 amide bonds. The molecule has 0 spiro atoms. The SMILES string of the molecule is CC1CCCN1C(=O)c1cc(S(=O)(=O)Cl)c(Cl)cc1Cl. The van der Waals surface area contributed by atoms with Gasteiger partial charge in [0.15, 0.2) is 0 Å². The lowest BCUT2D eigenvalue weighted by atomic mass is 10.2. The van der Waals surface area contributed by atoms with E-state index in [1.165, 1.54) is 6.07 Å². The fourth-order valence-corrected chi connectivity index (χ4v) is 4.09. The summed E-state index contributed by atoms with van der Waals surface area (Å²) in [7, 11) is 1.27. The molecule has 1 aromatic rings. The van der Waals surface area contributed by atoms with Gasteiger partial charge in [0.05, 0.1) is 15.6 Å². The van der Waals surface area contributed by atoms with Crippen LogP contribution in [-0.4, -0.2) is 31.8 Å². The van der Waals surface area contributed by atoms with Crippen LogP contribution in [-0.2, 0) is 9.05 Å². The molecular formula is C12H12Cl3NO3S. The van der Waals surface area contributed by atoms with E-state index in [9.17, 15) is 13.2 Å². The van der Waals surface area contributed by atoms with Gasteiger partial charge in [-0.25, -0.2) is 8.42 Å². The molecular weight excluding hydrogens is 345 g/mol. The van der Waals surface area contributed by atoms with Gasteiger partial charge in [0, 0.05) is 23.3 Å². The molecule has 1 unspecified atom stereocenters. The highest BCUT2D eigenvalue weighted by Crippen LogP contribution is 2.32. The smallest absolute Gasteiger partial charge is 0.262 e. The quantitative estimate of drug-likeness (QED) is 0.762. The van der Waals surface area contributed by atoms with E-state index in [4.69, 9.17) is 33.9 Å². The molecule has 1 aromatic carbocycles. The Balaban J connectivity index is 2.49. The van der Waals surface area contributed by atoms with Crippen molar-refractivity contribution in [2.75, 3.05) is 6.54 Å². The first-order valence-corrected chi connectivity index (χ1v) is 9.03. The van der Waals surface area contributed by atoms with Crippen LogP contribution in [0.15, 0.2) is 17.0 Å². The van der Waals surface area contributed by atoms with E-state index in [1.54, 1.807) is 4.90 Å². The minimum Gasteiger partial charge on any atom is -0.336 e. The Morgan fingerprint density at radius 2 is 1.95 bits per heavy atom. The molecule has 0 aliphatic carbocycles. The largest absolute Gasteiger partial charge is 0.336 e. The van der Waals surface area contributed by atoms with Gasteiger partial charge >= 0.3 is 0 Å². The van der Waals surface area contributed by atoms with Crippen LogP contribution in [0.25, 0.3) is 0 Å². The molecule has 1 aliphatic heterocycles. The Labute approximate surface area is 132 Å². The van der Waals surface area contributed by atoms with Gasteiger partial charge in [0.1, 0.15) is 4.90 Å². The Morgan fingerprint density at radius 3 is 2.45 bits per heavy atom. The Bertz CT molecular complexity index is 660.